The fourth-order valence-corrected chi connectivity index (χ4v) is 3.36. The van der Waals surface area contributed by atoms with Crippen LogP contribution in [0.15, 0.2) is 22.8 Å². The van der Waals surface area contributed by atoms with Gasteiger partial charge in [0.15, 0.2) is 0 Å². The van der Waals surface area contributed by atoms with Crippen LogP contribution in [0.2, 0.25) is 0 Å². The highest BCUT2D eigenvalue weighted by Crippen LogP contribution is 2.36. The van der Waals surface area contributed by atoms with Crippen LogP contribution in [0.5, 0.6) is 0 Å². The minimum absolute atomic E-state index is 0.324. The van der Waals surface area contributed by atoms with Crippen LogP contribution >= 0.6 is 0 Å². The van der Waals surface area contributed by atoms with E-state index in [0.29, 0.717) is 6.04 Å². The summed E-state index contributed by atoms with van der Waals surface area (Å²) in [5.74, 6) is 2.04. The Labute approximate surface area is 103 Å². The van der Waals surface area contributed by atoms with Gasteiger partial charge >= 0.3 is 0 Å². The molecular formula is C14H22N2O. The van der Waals surface area contributed by atoms with E-state index in [1.165, 1.54) is 32.4 Å². The lowest BCUT2D eigenvalue weighted by atomic mass is 10.1. The Morgan fingerprint density at radius 3 is 3.12 bits per heavy atom. The fourth-order valence-electron chi connectivity index (χ4n) is 3.36. The zero-order chi connectivity index (χ0) is 11.7. The average molecular weight is 234 g/mol. The van der Waals surface area contributed by atoms with Crippen LogP contribution in [-0.4, -0.2) is 30.6 Å². The third-order valence-corrected chi connectivity index (χ3v) is 4.34. The summed E-state index contributed by atoms with van der Waals surface area (Å²) in [5.41, 5.74) is 0. The number of likely N-dealkylation sites (tertiary alicyclic amines) is 1. The van der Waals surface area contributed by atoms with Crippen LogP contribution in [0.4, 0.5) is 0 Å². The first kappa shape index (κ1) is 11.3. The molecule has 17 heavy (non-hydrogen) atoms. The van der Waals surface area contributed by atoms with Crippen LogP contribution in [0.3, 0.4) is 0 Å². The predicted octanol–water partition coefficient (Wildman–Crippen LogP) is 2.41. The summed E-state index contributed by atoms with van der Waals surface area (Å²) in [6.07, 6.45) is 6.09. The van der Waals surface area contributed by atoms with E-state index in [2.05, 4.69) is 17.1 Å². The van der Waals surface area contributed by atoms with Crippen molar-refractivity contribution < 1.29 is 4.42 Å². The molecule has 3 atom stereocenters. The molecule has 2 aliphatic rings. The molecule has 3 nitrogen and oxygen atoms in total. The molecule has 2 heterocycles. The lowest BCUT2D eigenvalue weighted by molar-refractivity contribution is 0.211. The van der Waals surface area contributed by atoms with Gasteiger partial charge in [-0.1, -0.05) is 0 Å². The molecule has 3 unspecified atom stereocenters. The maximum atomic E-state index is 5.39. The molecule has 0 radical (unpaired) electrons. The SMILES string of the molecule is CC(NCCN1CC2CCC1C2)c1ccco1. The number of fused-ring (bicyclic) bond motifs is 2. The van der Waals surface area contributed by atoms with Gasteiger partial charge in [0.1, 0.15) is 5.76 Å². The zero-order valence-electron chi connectivity index (χ0n) is 10.6. The standard InChI is InChI=1S/C14H22N2O/c1-11(14-3-2-8-17-14)15-6-7-16-10-12-4-5-13(16)9-12/h2-3,8,11-13,15H,4-7,9-10H2,1H3. The Balaban J connectivity index is 1.41. The molecule has 1 saturated carbocycles. The topological polar surface area (TPSA) is 28.4 Å². The van der Waals surface area contributed by atoms with Crippen molar-refractivity contribution in [3.05, 3.63) is 24.2 Å². The summed E-state index contributed by atoms with van der Waals surface area (Å²) < 4.78 is 5.39. The van der Waals surface area contributed by atoms with Crippen molar-refractivity contribution in [2.45, 2.75) is 38.3 Å². The Morgan fingerprint density at radius 2 is 2.47 bits per heavy atom. The molecular weight excluding hydrogens is 212 g/mol. The molecule has 0 aromatic carbocycles. The first-order valence-electron chi connectivity index (χ1n) is 6.84. The molecule has 0 amide bonds. The van der Waals surface area contributed by atoms with Gasteiger partial charge in [0.25, 0.3) is 0 Å². The van der Waals surface area contributed by atoms with Crippen molar-refractivity contribution in [3.8, 4) is 0 Å². The summed E-state index contributed by atoms with van der Waals surface area (Å²) in [4.78, 5) is 2.66. The minimum atomic E-state index is 0.324. The van der Waals surface area contributed by atoms with E-state index in [0.717, 1.165) is 24.3 Å². The van der Waals surface area contributed by atoms with Crippen LogP contribution in [0.25, 0.3) is 0 Å². The summed E-state index contributed by atoms with van der Waals surface area (Å²) in [6.45, 7) is 5.74. The molecule has 0 spiro atoms. The number of hydrogen-bond acceptors (Lipinski definition) is 3. The van der Waals surface area contributed by atoms with Crippen LogP contribution < -0.4 is 5.32 Å². The number of hydrogen-bond donors (Lipinski definition) is 1. The van der Waals surface area contributed by atoms with Gasteiger partial charge in [-0.3, -0.25) is 4.90 Å². The van der Waals surface area contributed by atoms with E-state index >= 15 is 0 Å². The molecule has 3 heteroatoms. The summed E-state index contributed by atoms with van der Waals surface area (Å²) in [6, 6.07) is 5.20. The van der Waals surface area contributed by atoms with Crippen LogP contribution in [0.1, 0.15) is 38.0 Å². The van der Waals surface area contributed by atoms with Gasteiger partial charge in [0.2, 0.25) is 0 Å². The van der Waals surface area contributed by atoms with Gasteiger partial charge in [-0.2, -0.15) is 0 Å². The van der Waals surface area contributed by atoms with Crippen molar-refractivity contribution >= 4 is 0 Å². The molecule has 94 valence electrons. The second-order valence-electron chi connectivity index (χ2n) is 5.52. The maximum absolute atomic E-state index is 5.39. The largest absolute Gasteiger partial charge is 0.468 e. The van der Waals surface area contributed by atoms with E-state index in [4.69, 9.17) is 4.42 Å². The number of furan rings is 1. The lowest BCUT2D eigenvalue weighted by Gasteiger charge is -2.27. The minimum Gasteiger partial charge on any atom is -0.468 e. The van der Waals surface area contributed by atoms with Crippen molar-refractivity contribution in [2.24, 2.45) is 5.92 Å². The van der Waals surface area contributed by atoms with Crippen molar-refractivity contribution in [3.63, 3.8) is 0 Å². The van der Waals surface area contributed by atoms with E-state index in [1.807, 2.05) is 12.1 Å². The van der Waals surface area contributed by atoms with E-state index < -0.39 is 0 Å². The Hall–Kier alpha value is -0.800. The van der Waals surface area contributed by atoms with E-state index in [9.17, 15) is 0 Å². The molecule has 3 rings (SSSR count). The van der Waals surface area contributed by atoms with Gasteiger partial charge in [-0.25, -0.2) is 0 Å². The molecule has 1 aliphatic heterocycles. The summed E-state index contributed by atoms with van der Waals surface area (Å²) in [5, 5.41) is 3.54. The summed E-state index contributed by atoms with van der Waals surface area (Å²) in [7, 11) is 0. The molecule has 1 aliphatic carbocycles. The first-order valence-corrected chi connectivity index (χ1v) is 6.84. The summed E-state index contributed by atoms with van der Waals surface area (Å²) >= 11 is 0. The van der Waals surface area contributed by atoms with Gasteiger partial charge in [0.05, 0.1) is 12.3 Å². The molecule has 2 bridgehead atoms. The Bertz CT molecular complexity index is 349. The first-order chi connectivity index (χ1) is 8.33. The number of rotatable bonds is 5. The Morgan fingerprint density at radius 1 is 1.53 bits per heavy atom. The smallest absolute Gasteiger partial charge is 0.120 e. The van der Waals surface area contributed by atoms with Crippen LogP contribution in [-0.2, 0) is 0 Å². The number of nitrogens with zero attached hydrogens (tertiary/aromatic N) is 1. The highest BCUT2D eigenvalue weighted by molar-refractivity contribution is 5.03. The highest BCUT2D eigenvalue weighted by Gasteiger charge is 2.37. The number of piperidine rings is 1. The van der Waals surface area contributed by atoms with E-state index in [1.54, 1.807) is 6.26 Å². The van der Waals surface area contributed by atoms with Crippen molar-refractivity contribution in [1.29, 1.82) is 0 Å². The molecule has 1 saturated heterocycles. The average Bonchev–Trinajstić information content (AvgIpc) is 3.06. The monoisotopic (exact) mass is 234 g/mol. The number of nitrogens with one attached hydrogen (secondary N) is 1. The molecule has 1 aromatic heterocycles. The third kappa shape index (κ3) is 2.40. The zero-order valence-corrected chi connectivity index (χ0v) is 10.6. The normalized spacial score (nSPS) is 29.9. The molecule has 1 N–H and O–H groups in total. The maximum Gasteiger partial charge on any atom is 0.120 e. The predicted molar refractivity (Wildman–Crippen MR) is 67.8 cm³/mol. The van der Waals surface area contributed by atoms with Gasteiger partial charge in [-0.15, -0.1) is 0 Å². The van der Waals surface area contributed by atoms with E-state index in [-0.39, 0.29) is 0 Å². The highest BCUT2D eigenvalue weighted by atomic mass is 16.3. The van der Waals surface area contributed by atoms with Crippen molar-refractivity contribution in [1.82, 2.24) is 10.2 Å². The van der Waals surface area contributed by atoms with Gasteiger partial charge in [-0.05, 0) is 44.2 Å². The second kappa shape index (κ2) is 4.83. The quantitative estimate of drug-likeness (QED) is 0.848. The van der Waals surface area contributed by atoms with Gasteiger partial charge < -0.3 is 9.73 Å². The fraction of sp³-hybridized carbons (Fsp3) is 0.714. The Kier molecular flexibility index (Phi) is 3.21. The molecule has 2 fully saturated rings. The van der Waals surface area contributed by atoms with Gasteiger partial charge in [0, 0.05) is 25.7 Å². The van der Waals surface area contributed by atoms with Crippen LogP contribution in [0, 0.1) is 5.92 Å². The van der Waals surface area contributed by atoms with Crippen molar-refractivity contribution in [2.75, 3.05) is 19.6 Å². The second-order valence-corrected chi connectivity index (χ2v) is 5.52. The lowest BCUT2D eigenvalue weighted by Crippen LogP contribution is -2.38. The molecule has 1 aromatic rings. The third-order valence-electron chi connectivity index (χ3n) is 4.34.